The Bertz CT molecular complexity index is 1240. The Kier molecular flexibility index (Phi) is 11.6. The number of carbonyl (C=O) groups is 4. The molecule has 3 rings (SSSR count). The van der Waals surface area contributed by atoms with Gasteiger partial charge in [-0.3, -0.25) is 14.4 Å². The number of aliphatic carboxylic acids is 1. The summed E-state index contributed by atoms with van der Waals surface area (Å²) in [5.74, 6) is -2.52. The molecule has 4 atom stereocenters. The zero-order valence-corrected chi connectivity index (χ0v) is 25.4. The topological polar surface area (TPSA) is 167 Å². The lowest BCUT2D eigenvalue weighted by molar-refractivity contribution is -0.145. The largest absolute Gasteiger partial charge is 0.480 e. The van der Waals surface area contributed by atoms with Crippen LogP contribution in [0.2, 0.25) is 0 Å². The number of amides is 3. The first kappa shape index (κ1) is 33.1. The molecule has 0 aliphatic carbocycles. The number of rotatable bonds is 13. The normalized spacial score (nSPS) is 18.4. The Hall–Kier alpha value is -3.39. The average Bonchev–Trinajstić information content (AvgIpc) is 3.53. The van der Waals surface area contributed by atoms with Crippen LogP contribution in [0, 0.1) is 12.3 Å². The van der Waals surface area contributed by atoms with Crippen molar-refractivity contribution in [3.8, 4) is 10.4 Å². The minimum absolute atomic E-state index is 0.00118. The van der Waals surface area contributed by atoms with Crippen LogP contribution in [0.3, 0.4) is 0 Å². The summed E-state index contributed by atoms with van der Waals surface area (Å²) in [4.78, 5) is 56.9. The monoisotopic (exact) mass is 604 g/mol. The van der Waals surface area contributed by atoms with E-state index in [1.165, 1.54) is 4.90 Å². The van der Waals surface area contributed by atoms with Crippen LogP contribution in [0.5, 0.6) is 0 Å². The maximum absolute atomic E-state index is 13.7. The molecule has 0 spiro atoms. The molecule has 1 saturated heterocycles. The molecular formula is C29H40N4O8S. The number of aryl methyl sites for hydroxylation is 1. The lowest BCUT2D eigenvalue weighted by Crippen LogP contribution is -2.58. The van der Waals surface area contributed by atoms with Crippen LogP contribution >= 0.6 is 11.3 Å². The quantitative estimate of drug-likeness (QED) is 0.250. The van der Waals surface area contributed by atoms with Crippen LogP contribution in [0.1, 0.15) is 51.4 Å². The number of β-amino-alcohol motifs (C(OH)–C–C–N with tert-alkyl or cyclic N) is 1. The summed E-state index contributed by atoms with van der Waals surface area (Å²) in [6.07, 6.45) is -0.801. The summed E-state index contributed by atoms with van der Waals surface area (Å²) in [5, 5.41) is 24.7. The van der Waals surface area contributed by atoms with E-state index in [0.717, 1.165) is 21.7 Å². The number of hydrogen-bond acceptors (Lipinski definition) is 9. The van der Waals surface area contributed by atoms with Gasteiger partial charge in [-0.1, -0.05) is 45.0 Å². The highest BCUT2D eigenvalue weighted by Gasteiger charge is 2.44. The number of likely N-dealkylation sites (tertiary alicyclic amines) is 1. The number of aliphatic hydroxyl groups excluding tert-OH is 1. The minimum atomic E-state index is -1.11. The molecule has 12 nitrogen and oxygen atoms in total. The number of nitrogens with one attached hydrogen (secondary N) is 2. The lowest BCUT2D eigenvalue weighted by Gasteiger charge is -2.35. The summed E-state index contributed by atoms with van der Waals surface area (Å²) in [6.45, 7) is 8.32. The SMILES string of the molecule is Cc1ncsc1-c1ccc([C@H](C)NC(=O)[C@@H]2C[C@@H](O)CN2C(=O)C(NC(=O)COCCOCC(=O)O)C(C)(C)C)cc1. The molecule has 1 aliphatic rings. The highest BCUT2D eigenvalue weighted by molar-refractivity contribution is 7.13. The van der Waals surface area contributed by atoms with E-state index in [4.69, 9.17) is 14.6 Å². The van der Waals surface area contributed by atoms with Crippen molar-refractivity contribution in [1.82, 2.24) is 20.5 Å². The van der Waals surface area contributed by atoms with Crippen LogP contribution in [-0.4, -0.2) is 94.9 Å². The Morgan fingerprint density at radius 1 is 1.10 bits per heavy atom. The molecule has 0 bridgehead atoms. The highest BCUT2D eigenvalue weighted by Crippen LogP contribution is 2.29. The van der Waals surface area contributed by atoms with Crippen molar-refractivity contribution in [1.29, 1.82) is 0 Å². The van der Waals surface area contributed by atoms with Gasteiger partial charge in [-0.05, 0) is 30.4 Å². The van der Waals surface area contributed by atoms with Crippen molar-refractivity contribution in [3.63, 3.8) is 0 Å². The van der Waals surface area contributed by atoms with Gasteiger partial charge >= 0.3 is 5.97 Å². The zero-order valence-electron chi connectivity index (χ0n) is 24.6. The van der Waals surface area contributed by atoms with E-state index in [-0.39, 0.29) is 38.8 Å². The summed E-state index contributed by atoms with van der Waals surface area (Å²) in [7, 11) is 0. The van der Waals surface area contributed by atoms with Gasteiger partial charge in [0.15, 0.2) is 0 Å². The second-order valence-electron chi connectivity index (χ2n) is 11.4. The van der Waals surface area contributed by atoms with E-state index in [1.54, 1.807) is 37.6 Å². The Morgan fingerprint density at radius 3 is 2.31 bits per heavy atom. The standard InChI is InChI=1S/C29H40N4O8S/c1-17(19-6-8-20(9-7-19)25-18(2)30-16-42-25)31-27(38)22-12-21(34)13-33(22)28(39)26(29(3,4)5)32-23(35)14-40-10-11-41-15-24(36)37/h6-9,16-17,21-22,26,34H,10-15H2,1-5H3,(H,31,38)(H,32,35)(H,36,37)/t17-,21+,22-,26?/m0/s1. The minimum Gasteiger partial charge on any atom is -0.480 e. The second-order valence-corrected chi connectivity index (χ2v) is 12.2. The number of benzene rings is 1. The molecule has 1 aromatic carbocycles. The molecule has 3 amide bonds. The van der Waals surface area contributed by atoms with E-state index in [2.05, 4.69) is 15.6 Å². The van der Waals surface area contributed by atoms with Crippen LogP contribution in [0.25, 0.3) is 10.4 Å². The number of nitrogens with zero attached hydrogens (tertiary/aromatic N) is 2. The average molecular weight is 605 g/mol. The van der Waals surface area contributed by atoms with E-state index in [9.17, 15) is 24.3 Å². The molecule has 1 aliphatic heterocycles. The first-order valence-electron chi connectivity index (χ1n) is 13.7. The Labute approximate surface area is 249 Å². The van der Waals surface area contributed by atoms with Crippen molar-refractivity contribution in [2.45, 2.75) is 65.3 Å². The van der Waals surface area contributed by atoms with Crippen LogP contribution < -0.4 is 10.6 Å². The number of aliphatic hydroxyl groups is 1. The molecule has 0 radical (unpaired) electrons. The van der Waals surface area contributed by atoms with Gasteiger partial charge in [0.25, 0.3) is 0 Å². The van der Waals surface area contributed by atoms with Crippen molar-refractivity contribution in [2.24, 2.45) is 5.41 Å². The third kappa shape index (κ3) is 9.05. The molecular weight excluding hydrogens is 564 g/mol. The third-order valence-corrected chi connectivity index (χ3v) is 7.87. The predicted molar refractivity (Wildman–Crippen MR) is 156 cm³/mol. The van der Waals surface area contributed by atoms with Gasteiger partial charge in [0.2, 0.25) is 17.7 Å². The maximum atomic E-state index is 13.7. The second kappa shape index (κ2) is 14.7. The number of aromatic nitrogens is 1. The number of carboxylic acid groups (broad SMARTS) is 1. The summed E-state index contributed by atoms with van der Waals surface area (Å²) < 4.78 is 10.1. The fourth-order valence-electron chi connectivity index (χ4n) is 4.66. The number of hydrogen-bond donors (Lipinski definition) is 4. The van der Waals surface area contributed by atoms with Gasteiger partial charge in [-0.15, -0.1) is 11.3 Å². The summed E-state index contributed by atoms with van der Waals surface area (Å²) in [5.41, 5.74) is 3.98. The third-order valence-electron chi connectivity index (χ3n) is 6.89. The van der Waals surface area contributed by atoms with Gasteiger partial charge in [0.1, 0.15) is 25.3 Å². The summed E-state index contributed by atoms with van der Waals surface area (Å²) >= 11 is 1.56. The zero-order chi connectivity index (χ0) is 31.0. The number of carbonyl (C=O) groups excluding carboxylic acids is 3. The fraction of sp³-hybridized carbons (Fsp3) is 0.552. The predicted octanol–water partition coefficient (Wildman–Crippen LogP) is 1.91. The number of ether oxygens (including phenoxy) is 2. The fourth-order valence-corrected chi connectivity index (χ4v) is 5.47. The van der Waals surface area contributed by atoms with Gasteiger partial charge in [-0.2, -0.15) is 0 Å². The summed E-state index contributed by atoms with van der Waals surface area (Å²) in [6, 6.07) is 5.61. The molecule has 1 fully saturated rings. The lowest BCUT2D eigenvalue weighted by atomic mass is 9.85. The first-order valence-corrected chi connectivity index (χ1v) is 14.6. The number of thiazole rings is 1. The van der Waals surface area contributed by atoms with Gasteiger partial charge in [0.05, 0.1) is 41.4 Å². The van der Waals surface area contributed by atoms with E-state index in [1.807, 2.05) is 38.1 Å². The molecule has 1 unspecified atom stereocenters. The van der Waals surface area contributed by atoms with Crippen molar-refractivity contribution in [2.75, 3.05) is 33.0 Å². The highest BCUT2D eigenvalue weighted by atomic mass is 32.1. The Morgan fingerprint density at radius 2 is 1.74 bits per heavy atom. The van der Waals surface area contributed by atoms with Crippen molar-refractivity contribution >= 4 is 35.0 Å². The molecule has 1 aromatic heterocycles. The molecule has 0 saturated carbocycles. The van der Waals surface area contributed by atoms with Gasteiger partial charge in [0, 0.05) is 13.0 Å². The molecule has 2 heterocycles. The Balaban J connectivity index is 1.62. The van der Waals surface area contributed by atoms with Crippen LogP contribution in [0.4, 0.5) is 0 Å². The maximum Gasteiger partial charge on any atom is 0.329 e. The smallest absolute Gasteiger partial charge is 0.329 e. The molecule has 2 aromatic rings. The van der Waals surface area contributed by atoms with E-state index >= 15 is 0 Å². The van der Waals surface area contributed by atoms with Crippen LogP contribution in [-0.2, 0) is 28.7 Å². The number of carboxylic acids is 1. The van der Waals surface area contributed by atoms with E-state index < -0.39 is 53.9 Å². The van der Waals surface area contributed by atoms with E-state index in [0.29, 0.717) is 0 Å². The molecule has 4 N–H and O–H groups in total. The first-order chi connectivity index (χ1) is 19.8. The van der Waals surface area contributed by atoms with Crippen LogP contribution in [0.15, 0.2) is 29.8 Å². The molecule has 42 heavy (non-hydrogen) atoms. The van der Waals surface area contributed by atoms with Crippen molar-refractivity contribution in [3.05, 3.63) is 41.0 Å². The molecule has 13 heteroatoms. The molecule has 230 valence electrons. The van der Waals surface area contributed by atoms with Crippen molar-refractivity contribution < 1.29 is 38.9 Å². The van der Waals surface area contributed by atoms with Gasteiger partial charge in [-0.25, -0.2) is 9.78 Å². The van der Waals surface area contributed by atoms with Gasteiger partial charge < -0.3 is 35.2 Å².